The summed E-state index contributed by atoms with van der Waals surface area (Å²) in [5.74, 6) is -1.12. The number of anilines is 1. The Balaban J connectivity index is 2.76. The summed E-state index contributed by atoms with van der Waals surface area (Å²) in [5.41, 5.74) is 1.24. The van der Waals surface area contributed by atoms with E-state index in [0.717, 1.165) is 29.7 Å². The lowest BCUT2D eigenvalue weighted by Gasteiger charge is -2.05. The first-order valence-electron chi connectivity index (χ1n) is 5.17. The molecule has 0 atom stereocenters. The second-order valence-electron chi connectivity index (χ2n) is 3.58. The number of amides is 1. The Morgan fingerprint density at radius 1 is 1.50 bits per heavy atom. The topological polar surface area (TPSA) is 66.4 Å². The van der Waals surface area contributed by atoms with Gasteiger partial charge in [0.25, 0.3) is 0 Å². The van der Waals surface area contributed by atoms with E-state index in [2.05, 4.69) is 5.32 Å². The average molecular weight is 241 g/mol. The minimum absolute atomic E-state index is 0.120. The van der Waals surface area contributed by atoms with Gasteiger partial charge in [0, 0.05) is 6.42 Å². The number of hydrogen-bond acceptors (Lipinski definition) is 3. The second-order valence-corrected chi connectivity index (χ2v) is 4.46. The molecule has 0 fully saturated rings. The zero-order valence-corrected chi connectivity index (χ0v) is 10.2. The third-order valence-corrected chi connectivity index (χ3v) is 3.28. The molecule has 1 aromatic rings. The fourth-order valence-electron chi connectivity index (χ4n) is 1.30. The minimum atomic E-state index is -0.996. The van der Waals surface area contributed by atoms with E-state index in [1.165, 1.54) is 0 Å². The highest BCUT2D eigenvalue weighted by Gasteiger charge is 2.16. The van der Waals surface area contributed by atoms with Gasteiger partial charge in [-0.1, -0.05) is 13.3 Å². The lowest BCUT2D eigenvalue weighted by atomic mass is 10.2. The van der Waals surface area contributed by atoms with Crippen LogP contribution in [0, 0.1) is 6.92 Å². The van der Waals surface area contributed by atoms with Crippen LogP contribution in [0.2, 0.25) is 0 Å². The van der Waals surface area contributed by atoms with Gasteiger partial charge in [0.15, 0.2) is 0 Å². The highest BCUT2D eigenvalue weighted by molar-refractivity contribution is 7.12. The number of carboxylic acid groups (broad SMARTS) is 1. The molecular weight excluding hydrogens is 226 g/mol. The van der Waals surface area contributed by atoms with Gasteiger partial charge in [0.2, 0.25) is 5.91 Å². The Bertz CT molecular complexity index is 398. The highest BCUT2D eigenvalue weighted by atomic mass is 32.1. The van der Waals surface area contributed by atoms with Crippen LogP contribution in [-0.2, 0) is 4.79 Å². The van der Waals surface area contributed by atoms with Crippen LogP contribution >= 0.6 is 11.3 Å². The van der Waals surface area contributed by atoms with E-state index in [9.17, 15) is 9.59 Å². The summed E-state index contributed by atoms with van der Waals surface area (Å²) < 4.78 is 0. The number of hydrogen-bond donors (Lipinski definition) is 2. The van der Waals surface area contributed by atoms with Crippen molar-refractivity contribution in [1.29, 1.82) is 0 Å². The Labute approximate surface area is 98.3 Å². The monoisotopic (exact) mass is 241 g/mol. The van der Waals surface area contributed by atoms with Crippen molar-refractivity contribution in [3.05, 3.63) is 15.8 Å². The van der Waals surface area contributed by atoms with Crippen LogP contribution in [0.5, 0.6) is 0 Å². The molecule has 88 valence electrons. The number of nitrogens with one attached hydrogen (secondary N) is 1. The third-order valence-electron chi connectivity index (χ3n) is 2.19. The molecule has 0 aliphatic carbocycles. The standard InChI is InChI=1S/C11H15NO3S/c1-3-4-5-8(13)12-9-7(2)6-16-10(9)11(14)15/h6H,3-5H2,1-2H3,(H,12,13)(H,14,15). The van der Waals surface area contributed by atoms with Gasteiger partial charge >= 0.3 is 5.97 Å². The van der Waals surface area contributed by atoms with Crippen molar-refractivity contribution in [2.45, 2.75) is 33.1 Å². The van der Waals surface area contributed by atoms with E-state index in [-0.39, 0.29) is 10.8 Å². The normalized spacial score (nSPS) is 10.1. The largest absolute Gasteiger partial charge is 0.477 e. The molecule has 2 N–H and O–H groups in total. The van der Waals surface area contributed by atoms with Gasteiger partial charge in [0.1, 0.15) is 4.88 Å². The molecule has 0 radical (unpaired) electrons. The zero-order chi connectivity index (χ0) is 12.1. The summed E-state index contributed by atoms with van der Waals surface area (Å²) in [6, 6.07) is 0. The van der Waals surface area contributed by atoms with Crippen LogP contribution in [-0.4, -0.2) is 17.0 Å². The maximum absolute atomic E-state index is 11.5. The van der Waals surface area contributed by atoms with E-state index in [1.807, 2.05) is 6.92 Å². The van der Waals surface area contributed by atoms with Crippen molar-refractivity contribution in [1.82, 2.24) is 0 Å². The Morgan fingerprint density at radius 3 is 2.75 bits per heavy atom. The Morgan fingerprint density at radius 2 is 2.19 bits per heavy atom. The maximum Gasteiger partial charge on any atom is 0.348 e. The van der Waals surface area contributed by atoms with Crippen LogP contribution in [0.1, 0.15) is 41.4 Å². The van der Waals surface area contributed by atoms with Crippen molar-refractivity contribution < 1.29 is 14.7 Å². The van der Waals surface area contributed by atoms with Gasteiger partial charge in [0.05, 0.1) is 5.69 Å². The molecule has 1 amide bonds. The molecule has 0 unspecified atom stereocenters. The van der Waals surface area contributed by atoms with Gasteiger partial charge in [-0.3, -0.25) is 4.79 Å². The van der Waals surface area contributed by atoms with Gasteiger partial charge in [-0.15, -0.1) is 11.3 Å². The number of aromatic carboxylic acids is 1. The lowest BCUT2D eigenvalue weighted by Crippen LogP contribution is -2.13. The summed E-state index contributed by atoms with van der Waals surface area (Å²) in [6.07, 6.45) is 2.20. The van der Waals surface area contributed by atoms with Crippen LogP contribution in [0.15, 0.2) is 5.38 Å². The molecule has 16 heavy (non-hydrogen) atoms. The second kappa shape index (κ2) is 5.65. The molecule has 1 heterocycles. The molecule has 5 heteroatoms. The SMILES string of the molecule is CCCCC(=O)Nc1c(C)csc1C(=O)O. The molecule has 4 nitrogen and oxygen atoms in total. The highest BCUT2D eigenvalue weighted by Crippen LogP contribution is 2.27. The van der Waals surface area contributed by atoms with Crippen LogP contribution in [0.4, 0.5) is 5.69 Å². The number of carbonyl (C=O) groups excluding carboxylic acids is 1. The minimum Gasteiger partial charge on any atom is -0.477 e. The van der Waals surface area contributed by atoms with Gasteiger partial charge < -0.3 is 10.4 Å². The van der Waals surface area contributed by atoms with Crippen LogP contribution in [0.3, 0.4) is 0 Å². The lowest BCUT2D eigenvalue weighted by molar-refractivity contribution is -0.116. The first kappa shape index (κ1) is 12.7. The number of aryl methyl sites for hydroxylation is 1. The van der Waals surface area contributed by atoms with E-state index in [0.29, 0.717) is 12.1 Å². The number of unbranched alkanes of at least 4 members (excludes halogenated alkanes) is 1. The number of thiophene rings is 1. The first-order chi connectivity index (χ1) is 7.56. The fraction of sp³-hybridized carbons (Fsp3) is 0.455. The summed E-state index contributed by atoms with van der Waals surface area (Å²) in [7, 11) is 0. The van der Waals surface area contributed by atoms with E-state index in [4.69, 9.17) is 5.11 Å². The quantitative estimate of drug-likeness (QED) is 0.833. The van der Waals surface area contributed by atoms with Crippen molar-refractivity contribution in [2.24, 2.45) is 0 Å². The molecule has 0 aromatic carbocycles. The Hall–Kier alpha value is -1.36. The van der Waals surface area contributed by atoms with E-state index < -0.39 is 5.97 Å². The van der Waals surface area contributed by atoms with E-state index in [1.54, 1.807) is 12.3 Å². The molecule has 0 spiro atoms. The number of carbonyl (C=O) groups is 2. The van der Waals surface area contributed by atoms with Crippen LogP contribution in [0.25, 0.3) is 0 Å². The number of rotatable bonds is 5. The zero-order valence-electron chi connectivity index (χ0n) is 9.37. The van der Waals surface area contributed by atoms with Crippen molar-refractivity contribution in [3.8, 4) is 0 Å². The van der Waals surface area contributed by atoms with Crippen molar-refractivity contribution in [2.75, 3.05) is 5.32 Å². The first-order valence-corrected chi connectivity index (χ1v) is 6.05. The van der Waals surface area contributed by atoms with Crippen LogP contribution < -0.4 is 5.32 Å². The van der Waals surface area contributed by atoms with Crippen molar-refractivity contribution in [3.63, 3.8) is 0 Å². The predicted octanol–water partition coefficient (Wildman–Crippen LogP) is 2.88. The molecular formula is C11H15NO3S. The summed E-state index contributed by atoms with van der Waals surface area (Å²) in [5, 5.41) is 13.3. The number of carboxylic acids is 1. The molecule has 0 aliphatic rings. The van der Waals surface area contributed by atoms with Gasteiger partial charge in [-0.05, 0) is 24.3 Å². The van der Waals surface area contributed by atoms with E-state index >= 15 is 0 Å². The Kier molecular flexibility index (Phi) is 4.49. The average Bonchev–Trinajstić information content (AvgIpc) is 2.58. The smallest absolute Gasteiger partial charge is 0.348 e. The predicted molar refractivity (Wildman–Crippen MR) is 64.2 cm³/mol. The molecule has 1 aromatic heterocycles. The van der Waals surface area contributed by atoms with Gasteiger partial charge in [-0.2, -0.15) is 0 Å². The summed E-state index contributed by atoms with van der Waals surface area (Å²) >= 11 is 1.14. The van der Waals surface area contributed by atoms with Gasteiger partial charge in [-0.25, -0.2) is 4.79 Å². The third kappa shape index (κ3) is 3.06. The molecule has 0 saturated carbocycles. The summed E-state index contributed by atoms with van der Waals surface area (Å²) in [6.45, 7) is 3.80. The molecule has 0 saturated heterocycles. The molecule has 0 bridgehead atoms. The fourth-order valence-corrected chi connectivity index (χ4v) is 2.14. The molecule has 1 rings (SSSR count). The molecule has 0 aliphatic heterocycles. The van der Waals surface area contributed by atoms with Crippen molar-refractivity contribution >= 4 is 28.9 Å². The summed E-state index contributed by atoms with van der Waals surface area (Å²) in [4.78, 5) is 22.6. The maximum atomic E-state index is 11.5.